The van der Waals surface area contributed by atoms with E-state index in [1.807, 2.05) is 0 Å². The maximum atomic E-state index is 14.5. The van der Waals surface area contributed by atoms with Crippen LogP contribution in [0.2, 0.25) is 0 Å². The van der Waals surface area contributed by atoms with Crippen molar-refractivity contribution in [2.75, 3.05) is 0 Å². The molecule has 32 heavy (non-hydrogen) atoms. The van der Waals surface area contributed by atoms with Crippen LogP contribution in [0.3, 0.4) is 0 Å². The Morgan fingerprint density at radius 1 is 0.750 bits per heavy atom. The van der Waals surface area contributed by atoms with Crippen molar-refractivity contribution in [3.63, 3.8) is 0 Å². The van der Waals surface area contributed by atoms with Crippen LogP contribution in [-0.2, 0) is 14.8 Å². The van der Waals surface area contributed by atoms with E-state index in [2.05, 4.69) is 0 Å². The zero-order chi connectivity index (χ0) is 25.3. The van der Waals surface area contributed by atoms with Gasteiger partial charge in [0.15, 0.2) is 0 Å². The number of carbonyl (C=O) groups excluding carboxylic acids is 1. The maximum absolute atomic E-state index is 14.5. The summed E-state index contributed by atoms with van der Waals surface area (Å²) in [5, 5.41) is 10.5. The number of rotatable bonds is 4. The fourth-order valence-corrected chi connectivity index (χ4v) is 3.50. The van der Waals surface area contributed by atoms with Crippen LogP contribution in [0.15, 0.2) is 29.2 Å². The Balaban J connectivity index is 2.63. The lowest BCUT2D eigenvalue weighted by Crippen LogP contribution is -2.86. The second-order valence-electron chi connectivity index (χ2n) is 6.22. The minimum Gasteiger partial charge on any atom is -0.270 e. The van der Waals surface area contributed by atoms with E-state index in [1.54, 1.807) is 0 Å². The van der Waals surface area contributed by atoms with Crippen LogP contribution in [0.5, 0.6) is 0 Å². The number of nitro groups is 1. The number of sulfonamides is 1. The third kappa shape index (κ3) is 2.78. The van der Waals surface area contributed by atoms with Gasteiger partial charge in [-0.3, -0.25) is 14.9 Å². The highest BCUT2D eigenvalue weighted by Gasteiger charge is 3.03. The first kappa shape index (κ1) is 25.5. The van der Waals surface area contributed by atoms with Gasteiger partial charge in [-0.05, 0) is 12.1 Å². The normalized spacial score (nSPS) is 24.3. The van der Waals surface area contributed by atoms with Crippen LogP contribution in [0.4, 0.5) is 54.0 Å². The molecule has 1 amide bonds. The molecule has 0 aromatic heterocycles. The Hall–Kier alpha value is -2.73. The van der Waals surface area contributed by atoms with Gasteiger partial charge in [-0.15, -0.1) is 0 Å². The lowest BCUT2D eigenvalue weighted by Gasteiger charge is -2.51. The minimum absolute atomic E-state index is 0.0625. The van der Waals surface area contributed by atoms with Crippen molar-refractivity contribution >= 4 is 21.6 Å². The van der Waals surface area contributed by atoms with Crippen LogP contribution in [0.1, 0.15) is 0 Å². The highest BCUT2D eigenvalue weighted by Crippen LogP contribution is 2.69. The number of hydrogen-bond acceptors (Lipinski definition) is 5. The smallest absolute Gasteiger partial charge is 0.270 e. The quantitative estimate of drug-likeness (QED) is 0.380. The number of non-ortho nitro benzene ring substituents is 1. The molecule has 2 rings (SSSR count). The molecule has 0 unspecified atom stereocenters. The van der Waals surface area contributed by atoms with Gasteiger partial charge >= 0.3 is 35.3 Å². The molecule has 0 bridgehead atoms. The maximum Gasteiger partial charge on any atom is 0.384 e. The summed E-state index contributed by atoms with van der Waals surface area (Å²) >= 11 is 0. The van der Waals surface area contributed by atoms with Crippen molar-refractivity contribution in [3.05, 3.63) is 34.4 Å². The Bertz CT molecular complexity index is 1040. The van der Waals surface area contributed by atoms with E-state index in [-0.39, 0.29) is 16.9 Å². The Morgan fingerprint density at radius 3 is 1.44 bits per heavy atom. The van der Waals surface area contributed by atoms with Crippen LogP contribution < -0.4 is 4.72 Å². The fraction of sp³-hybridized carbons (Fsp3) is 0.462. The molecule has 0 aliphatic heterocycles. The summed E-state index contributed by atoms with van der Waals surface area (Å²) in [5.74, 6) is -41.9. The summed E-state index contributed by atoms with van der Waals surface area (Å²) in [6, 6.07) is 1.23. The van der Waals surface area contributed by atoms with Crippen molar-refractivity contribution in [1.29, 1.82) is 0 Å². The number of halogens is 11. The van der Waals surface area contributed by atoms with Gasteiger partial charge in [0.25, 0.3) is 21.6 Å². The molecule has 0 saturated heterocycles. The first-order chi connectivity index (χ1) is 14.0. The largest absolute Gasteiger partial charge is 0.384 e. The topological polar surface area (TPSA) is 106 Å². The monoisotopic (exact) mass is 510 g/mol. The lowest BCUT2D eigenvalue weighted by molar-refractivity contribution is -0.476. The zero-order valence-corrected chi connectivity index (χ0v) is 15.2. The molecule has 1 aromatic carbocycles. The molecule has 0 atom stereocenters. The molecule has 0 heterocycles. The first-order valence-electron chi connectivity index (χ1n) is 7.43. The summed E-state index contributed by atoms with van der Waals surface area (Å²) in [7, 11) is -5.80. The summed E-state index contributed by atoms with van der Waals surface area (Å²) in [6.07, 6.45) is 0. The van der Waals surface area contributed by atoms with Crippen molar-refractivity contribution in [1.82, 2.24) is 4.72 Å². The number of alkyl halides is 11. The minimum atomic E-state index is -7.60. The average Bonchev–Trinajstić information content (AvgIpc) is 2.65. The predicted octanol–water partition coefficient (Wildman–Crippen LogP) is 3.30. The molecule has 0 radical (unpaired) electrons. The third-order valence-electron chi connectivity index (χ3n) is 4.34. The van der Waals surface area contributed by atoms with Crippen molar-refractivity contribution in [2.24, 2.45) is 0 Å². The van der Waals surface area contributed by atoms with Gasteiger partial charge in [-0.1, -0.05) is 0 Å². The zero-order valence-electron chi connectivity index (χ0n) is 14.4. The highest BCUT2D eigenvalue weighted by atomic mass is 32.2. The molecule has 0 spiro atoms. The van der Waals surface area contributed by atoms with E-state index >= 15 is 0 Å². The molecule has 7 nitrogen and oxygen atoms in total. The van der Waals surface area contributed by atoms with E-state index in [0.29, 0.717) is 12.1 Å². The van der Waals surface area contributed by atoms with Crippen LogP contribution in [-0.4, -0.2) is 54.5 Å². The van der Waals surface area contributed by atoms with E-state index < -0.39 is 66.7 Å². The number of carbonyl (C=O) groups is 1. The standard InChI is InChI=1S/C13H5F11N2O5S/c14-8(7(27)25-32(30,31)6-3-1-5(2-4-6)26(28)29)9(15,16)11(19,20)13(23,24)12(21,22)10(8,17)18/h1-4H,(H,25,27). The van der Waals surface area contributed by atoms with Crippen molar-refractivity contribution < 1.29 is 66.4 Å². The molecule has 19 heteroatoms. The third-order valence-corrected chi connectivity index (χ3v) is 5.69. The highest BCUT2D eigenvalue weighted by molar-refractivity contribution is 7.90. The molecule has 1 N–H and O–H groups in total. The van der Waals surface area contributed by atoms with Gasteiger partial charge in [-0.2, -0.15) is 43.9 Å². The number of nitrogens with zero attached hydrogens (tertiary/aromatic N) is 1. The fourth-order valence-electron chi connectivity index (χ4n) is 2.50. The summed E-state index contributed by atoms with van der Waals surface area (Å²) < 4.78 is 173. The van der Waals surface area contributed by atoms with E-state index in [1.165, 1.54) is 0 Å². The Kier molecular flexibility index (Phi) is 5.30. The molecular weight excluding hydrogens is 505 g/mol. The molecule has 1 saturated carbocycles. The molecular formula is C13H5F11N2O5S. The number of benzene rings is 1. The molecule has 180 valence electrons. The summed E-state index contributed by atoms with van der Waals surface area (Å²) in [6.45, 7) is 0. The molecule has 1 fully saturated rings. The van der Waals surface area contributed by atoms with Gasteiger partial charge in [0.05, 0.1) is 9.82 Å². The van der Waals surface area contributed by atoms with Gasteiger partial charge in [0.1, 0.15) is 0 Å². The summed E-state index contributed by atoms with van der Waals surface area (Å²) in [4.78, 5) is 19.7. The van der Waals surface area contributed by atoms with E-state index in [9.17, 15) is 71.6 Å². The predicted molar refractivity (Wildman–Crippen MR) is 77.0 cm³/mol. The Labute approximate surface area is 168 Å². The van der Waals surface area contributed by atoms with E-state index in [0.717, 1.165) is 0 Å². The number of hydrogen-bond donors (Lipinski definition) is 1. The molecule has 1 aromatic rings. The molecule has 1 aliphatic rings. The Morgan fingerprint density at radius 2 is 1.09 bits per heavy atom. The van der Waals surface area contributed by atoms with Gasteiger partial charge in [0, 0.05) is 12.1 Å². The number of nitro benzene ring substituents is 1. The van der Waals surface area contributed by atoms with Crippen LogP contribution in [0, 0.1) is 10.1 Å². The SMILES string of the molecule is O=C(NS(=O)(=O)c1ccc([N+](=O)[O-])cc1)C1(F)C(F)(F)C(F)(F)C(F)(F)C(F)(F)C1(F)F. The molecule has 1 aliphatic carbocycles. The lowest BCUT2D eigenvalue weighted by atomic mass is 9.72. The van der Waals surface area contributed by atoms with Crippen LogP contribution in [0.25, 0.3) is 0 Å². The van der Waals surface area contributed by atoms with E-state index in [4.69, 9.17) is 0 Å². The average molecular weight is 510 g/mol. The van der Waals surface area contributed by atoms with Crippen molar-refractivity contribution in [2.45, 2.75) is 40.2 Å². The second kappa shape index (κ2) is 6.64. The van der Waals surface area contributed by atoms with Gasteiger partial charge in [-0.25, -0.2) is 17.5 Å². The van der Waals surface area contributed by atoms with Gasteiger partial charge in [0.2, 0.25) is 0 Å². The van der Waals surface area contributed by atoms with Crippen molar-refractivity contribution in [3.8, 4) is 0 Å². The number of amides is 1. The second-order valence-corrected chi connectivity index (χ2v) is 7.90. The first-order valence-corrected chi connectivity index (χ1v) is 8.92. The van der Waals surface area contributed by atoms with Gasteiger partial charge < -0.3 is 0 Å². The number of nitrogens with one attached hydrogen (secondary N) is 1. The summed E-state index contributed by atoms with van der Waals surface area (Å²) in [5.41, 5.74) is -8.02. The van der Waals surface area contributed by atoms with Crippen LogP contribution >= 0.6 is 0 Å².